The number of aromatic carboxylic acids is 1. The molecule has 1 N–H and O–H groups in total. The Balaban J connectivity index is 2.28. The van der Waals surface area contributed by atoms with Gasteiger partial charge in [0.05, 0.1) is 12.2 Å². The Morgan fingerprint density at radius 1 is 1.08 bits per heavy atom. The molecule has 0 aliphatic heterocycles. The van der Waals surface area contributed by atoms with Gasteiger partial charge >= 0.3 is 5.97 Å². The molecule has 2 aromatic carbocycles. The largest absolute Gasteiger partial charge is 0.478 e. The molecule has 0 saturated carbocycles. The van der Waals surface area contributed by atoms with Crippen molar-refractivity contribution in [3.05, 3.63) is 70.8 Å². The lowest BCUT2D eigenvalue weighted by atomic mass is 10.1. The standard InChI is InChI=1S/C19H21NO4/c1-14-10-16(12-17(11-14)19(22)23)18(21)20(8-9-24-2)13-15-6-4-3-5-7-15/h3-7,10-12H,8-9,13H2,1-2H3,(H,22,23). The highest BCUT2D eigenvalue weighted by Gasteiger charge is 2.18. The molecule has 2 rings (SSSR count). The molecule has 0 radical (unpaired) electrons. The lowest BCUT2D eigenvalue weighted by Crippen LogP contribution is -2.33. The molecule has 0 aliphatic carbocycles. The van der Waals surface area contributed by atoms with E-state index in [1.165, 1.54) is 6.07 Å². The molecule has 0 saturated heterocycles. The smallest absolute Gasteiger partial charge is 0.335 e. The highest BCUT2D eigenvalue weighted by molar-refractivity contribution is 5.97. The summed E-state index contributed by atoms with van der Waals surface area (Å²) < 4.78 is 5.09. The summed E-state index contributed by atoms with van der Waals surface area (Å²) in [5, 5.41) is 9.19. The zero-order valence-electron chi connectivity index (χ0n) is 13.9. The number of amides is 1. The Bertz CT molecular complexity index is 713. The molecule has 0 spiro atoms. The van der Waals surface area contributed by atoms with Crippen molar-refractivity contribution in [1.82, 2.24) is 4.90 Å². The van der Waals surface area contributed by atoms with Gasteiger partial charge in [-0.25, -0.2) is 4.79 Å². The molecule has 0 aromatic heterocycles. The van der Waals surface area contributed by atoms with E-state index in [1.54, 1.807) is 31.1 Å². The second-order valence-electron chi connectivity index (χ2n) is 5.60. The molecule has 24 heavy (non-hydrogen) atoms. The third-order valence-corrected chi connectivity index (χ3v) is 3.64. The van der Waals surface area contributed by atoms with Crippen LogP contribution in [-0.2, 0) is 11.3 Å². The van der Waals surface area contributed by atoms with Crippen LogP contribution >= 0.6 is 0 Å². The number of carboxylic acid groups (broad SMARTS) is 1. The molecule has 126 valence electrons. The maximum atomic E-state index is 12.9. The normalized spacial score (nSPS) is 10.4. The molecule has 0 bridgehead atoms. The van der Waals surface area contributed by atoms with Crippen molar-refractivity contribution in [2.45, 2.75) is 13.5 Å². The number of aryl methyl sites for hydroxylation is 1. The fourth-order valence-corrected chi connectivity index (χ4v) is 2.47. The van der Waals surface area contributed by atoms with E-state index in [0.717, 1.165) is 11.1 Å². The minimum Gasteiger partial charge on any atom is -0.478 e. The van der Waals surface area contributed by atoms with Gasteiger partial charge in [-0.05, 0) is 36.2 Å². The summed E-state index contributed by atoms with van der Waals surface area (Å²) in [7, 11) is 1.58. The topological polar surface area (TPSA) is 66.8 Å². The van der Waals surface area contributed by atoms with Crippen LogP contribution < -0.4 is 0 Å². The number of hydrogen-bond acceptors (Lipinski definition) is 3. The zero-order valence-corrected chi connectivity index (χ0v) is 13.9. The highest BCUT2D eigenvalue weighted by atomic mass is 16.5. The molecule has 0 atom stereocenters. The highest BCUT2D eigenvalue weighted by Crippen LogP contribution is 2.14. The van der Waals surface area contributed by atoms with Gasteiger partial charge < -0.3 is 14.7 Å². The summed E-state index contributed by atoms with van der Waals surface area (Å²) in [5.41, 5.74) is 2.24. The third-order valence-electron chi connectivity index (χ3n) is 3.64. The van der Waals surface area contributed by atoms with Crippen molar-refractivity contribution in [3.8, 4) is 0 Å². The van der Waals surface area contributed by atoms with Crippen molar-refractivity contribution in [3.63, 3.8) is 0 Å². The van der Waals surface area contributed by atoms with E-state index >= 15 is 0 Å². The molecule has 1 amide bonds. The Hall–Kier alpha value is -2.66. The monoisotopic (exact) mass is 327 g/mol. The van der Waals surface area contributed by atoms with Crippen LogP contribution in [0.5, 0.6) is 0 Å². The maximum Gasteiger partial charge on any atom is 0.335 e. The maximum absolute atomic E-state index is 12.9. The van der Waals surface area contributed by atoms with Gasteiger partial charge in [0.2, 0.25) is 0 Å². The molecule has 0 aliphatic rings. The van der Waals surface area contributed by atoms with Gasteiger partial charge in [0.15, 0.2) is 0 Å². The van der Waals surface area contributed by atoms with Gasteiger partial charge in [-0.3, -0.25) is 4.79 Å². The van der Waals surface area contributed by atoms with E-state index in [-0.39, 0.29) is 11.5 Å². The van der Waals surface area contributed by atoms with Crippen LogP contribution in [0.25, 0.3) is 0 Å². The summed E-state index contributed by atoms with van der Waals surface area (Å²) >= 11 is 0. The van der Waals surface area contributed by atoms with Crippen molar-refractivity contribution >= 4 is 11.9 Å². The molecular weight excluding hydrogens is 306 g/mol. The van der Waals surface area contributed by atoms with E-state index in [0.29, 0.717) is 25.3 Å². The lowest BCUT2D eigenvalue weighted by molar-refractivity contribution is 0.0680. The van der Waals surface area contributed by atoms with Crippen molar-refractivity contribution in [2.75, 3.05) is 20.3 Å². The van der Waals surface area contributed by atoms with E-state index in [4.69, 9.17) is 4.74 Å². The average Bonchev–Trinajstić information content (AvgIpc) is 2.58. The van der Waals surface area contributed by atoms with Gasteiger partial charge in [0.25, 0.3) is 5.91 Å². The Kier molecular flexibility index (Phi) is 6.09. The number of carbonyl (C=O) groups is 2. The van der Waals surface area contributed by atoms with Crippen LogP contribution in [-0.4, -0.2) is 42.1 Å². The van der Waals surface area contributed by atoms with E-state index < -0.39 is 5.97 Å². The number of benzene rings is 2. The van der Waals surface area contributed by atoms with E-state index in [9.17, 15) is 14.7 Å². The van der Waals surface area contributed by atoms with Gasteiger partial charge in [-0.2, -0.15) is 0 Å². The molecule has 5 heteroatoms. The van der Waals surface area contributed by atoms with Crippen molar-refractivity contribution < 1.29 is 19.4 Å². The second-order valence-corrected chi connectivity index (χ2v) is 5.60. The summed E-state index contributed by atoms with van der Waals surface area (Å²) in [6.07, 6.45) is 0. The fraction of sp³-hybridized carbons (Fsp3) is 0.263. The number of carbonyl (C=O) groups excluding carboxylic acids is 1. The first-order valence-electron chi connectivity index (χ1n) is 7.68. The van der Waals surface area contributed by atoms with Gasteiger partial charge in [-0.1, -0.05) is 30.3 Å². The third kappa shape index (κ3) is 4.67. The van der Waals surface area contributed by atoms with Gasteiger partial charge in [-0.15, -0.1) is 0 Å². The first kappa shape index (κ1) is 17.7. The van der Waals surface area contributed by atoms with E-state index in [2.05, 4.69) is 0 Å². The molecule has 5 nitrogen and oxygen atoms in total. The Labute approximate surface area is 141 Å². The van der Waals surface area contributed by atoms with Gasteiger partial charge in [0, 0.05) is 25.8 Å². The van der Waals surface area contributed by atoms with Crippen LogP contribution in [0.3, 0.4) is 0 Å². The number of nitrogens with zero attached hydrogens (tertiary/aromatic N) is 1. The average molecular weight is 327 g/mol. The first-order chi connectivity index (χ1) is 11.5. The van der Waals surface area contributed by atoms with Crippen molar-refractivity contribution in [2.24, 2.45) is 0 Å². The van der Waals surface area contributed by atoms with Crippen LogP contribution in [0.4, 0.5) is 0 Å². The molecular formula is C19H21NO4. The predicted molar refractivity (Wildman–Crippen MR) is 91.2 cm³/mol. The SMILES string of the molecule is COCCN(Cc1ccccc1)C(=O)c1cc(C)cc(C(=O)O)c1. The Morgan fingerprint density at radius 2 is 1.75 bits per heavy atom. The molecule has 0 fully saturated rings. The van der Waals surface area contributed by atoms with Crippen LogP contribution in [0.15, 0.2) is 48.5 Å². The number of ether oxygens (including phenoxy) is 1. The van der Waals surface area contributed by atoms with E-state index in [1.807, 2.05) is 30.3 Å². The Morgan fingerprint density at radius 3 is 2.38 bits per heavy atom. The van der Waals surface area contributed by atoms with Crippen LogP contribution in [0.2, 0.25) is 0 Å². The minimum atomic E-state index is -1.04. The fourth-order valence-electron chi connectivity index (χ4n) is 2.47. The summed E-state index contributed by atoms with van der Waals surface area (Å²) in [4.78, 5) is 25.7. The van der Waals surface area contributed by atoms with Crippen LogP contribution in [0, 0.1) is 6.92 Å². The van der Waals surface area contributed by atoms with Crippen LogP contribution in [0.1, 0.15) is 31.8 Å². The zero-order chi connectivity index (χ0) is 17.5. The number of carboxylic acids is 1. The van der Waals surface area contributed by atoms with Crippen molar-refractivity contribution in [1.29, 1.82) is 0 Å². The summed E-state index contributed by atoms with van der Waals surface area (Å²) in [6, 6.07) is 14.3. The van der Waals surface area contributed by atoms with Gasteiger partial charge in [0.1, 0.15) is 0 Å². The quantitative estimate of drug-likeness (QED) is 0.849. The lowest BCUT2D eigenvalue weighted by Gasteiger charge is -2.23. The number of rotatable bonds is 7. The first-order valence-corrected chi connectivity index (χ1v) is 7.68. The predicted octanol–water partition coefficient (Wildman–Crippen LogP) is 2.98. The molecule has 0 heterocycles. The summed E-state index contributed by atoms with van der Waals surface area (Å²) in [6.45, 7) is 3.07. The molecule has 0 unspecified atom stereocenters. The minimum absolute atomic E-state index is 0.116. The summed E-state index contributed by atoms with van der Waals surface area (Å²) in [5.74, 6) is -1.25. The second kappa shape index (κ2) is 8.26. The number of methoxy groups -OCH3 is 1. The number of hydrogen-bond donors (Lipinski definition) is 1. The molecule has 2 aromatic rings.